The Hall–Kier alpha value is -4.88. The molecule has 0 radical (unpaired) electrons. The summed E-state index contributed by atoms with van der Waals surface area (Å²) in [4.78, 5) is 0. The van der Waals surface area contributed by atoms with E-state index in [-0.39, 0.29) is 0 Å². The van der Waals surface area contributed by atoms with Crippen molar-refractivity contribution in [3.63, 3.8) is 0 Å². The van der Waals surface area contributed by atoms with Crippen LogP contribution in [0.15, 0.2) is 160 Å². The molecule has 4 aliphatic rings. The lowest BCUT2D eigenvalue weighted by Gasteiger charge is -2.42. The highest BCUT2D eigenvalue weighted by molar-refractivity contribution is 6.13. The van der Waals surface area contributed by atoms with Crippen LogP contribution >= 0.6 is 0 Å². The molecule has 182 valence electrons. The normalized spacial score (nSPS) is 21.1. The van der Waals surface area contributed by atoms with E-state index in [0.717, 1.165) is 11.2 Å². The number of benzene rings is 4. The zero-order valence-electron chi connectivity index (χ0n) is 21.3. The number of para-hydroxylation sites is 1. The molecule has 5 aromatic rings. The van der Waals surface area contributed by atoms with Crippen LogP contribution in [0, 0.1) is 11.8 Å². The SMILES string of the molecule is C1=CC2=C(c3ccccc3)C=CC3=CC=C4C(c5cccc6c5oc5cc7ccccc7cc56)=CC=C1C4C32. The maximum atomic E-state index is 6.63. The summed E-state index contributed by atoms with van der Waals surface area (Å²) >= 11 is 0. The molecule has 1 heteroatoms. The van der Waals surface area contributed by atoms with Crippen molar-refractivity contribution in [2.45, 2.75) is 0 Å². The summed E-state index contributed by atoms with van der Waals surface area (Å²) in [5.41, 5.74) is 12.5. The number of rotatable bonds is 2. The average molecular weight is 497 g/mol. The largest absolute Gasteiger partial charge is 0.455 e. The lowest BCUT2D eigenvalue weighted by atomic mass is 9.61. The number of hydrogen-bond donors (Lipinski definition) is 0. The van der Waals surface area contributed by atoms with E-state index < -0.39 is 0 Å². The maximum Gasteiger partial charge on any atom is 0.143 e. The highest BCUT2D eigenvalue weighted by Gasteiger charge is 2.40. The monoisotopic (exact) mass is 496 g/mol. The van der Waals surface area contributed by atoms with E-state index in [1.807, 2.05) is 0 Å². The molecular formula is C38H24O. The third-order valence-corrected chi connectivity index (χ3v) is 8.88. The molecule has 0 aliphatic heterocycles. The van der Waals surface area contributed by atoms with Crippen LogP contribution in [-0.4, -0.2) is 0 Å². The summed E-state index contributed by atoms with van der Waals surface area (Å²) in [5.74, 6) is 0.626. The molecule has 1 nitrogen and oxygen atoms in total. The van der Waals surface area contributed by atoms with Crippen molar-refractivity contribution in [2.75, 3.05) is 0 Å². The Balaban J connectivity index is 1.23. The molecule has 0 bridgehead atoms. The smallest absolute Gasteiger partial charge is 0.143 e. The molecular weight excluding hydrogens is 472 g/mol. The highest BCUT2D eigenvalue weighted by atomic mass is 16.3. The van der Waals surface area contributed by atoms with Gasteiger partial charge in [0.2, 0.25) is 0 Å². The van der Waals surface area contributed by atoms with Crippen LogP contribution in [0.25, 0.3) is 43.9 Å². The van der Waals surface area contributed by atoms with Crippen LogP contribution in [0.5, 0.6) is 0 Å². The molecule has 0 saturated heterocycles. The third-order valence-electron chi connectivity index (χ3n) is 8.88. The van der Waals surface area contributed by atoms with Crippen LogP contribution in [0.2, 0.25) is 0 Å². The first-order chi connectivity index (χ1) is 19.3. The predicted octanol–water partition coefficient (Wildman–Crippen LogP) is 9.75. The van der Waals surface area contributed by atoms with Crippen LogP contribution in [0.1, 0.15) is 11.1 Å². The summed E-state index contributed by atoms with van der Waals surface area (Å²) in [7, 11) is 0. The molecule has 1 aromatic heterocycles. The third kappa shape index (κ3) is 2.96. The second-order valence-electron chi connectivity index (χ2n) is 10.9. The quantitative estimate of drug-likeness (QED) is 0.237. The van der Waals surface area contributed by atoms with Crippen molar-refractivity contribution in [3.8, 4) is 0 Å². The Labute approximate surface area is 226 Å². The van der Waals surface area contributed by atoms with Gasteiger partial charge in [-0.2, -0.15) is 0 Å². The van der Waals surface area contributed by atoms with E-state index in [1.165, 1.54) is 66.1 Å². The second-order valence-corrected chi connectivity index (χ2v) is 10.9. The number of hydrogen-bond acceptors (Lipinski definition) is 1. The van der Waals surface area contributed by atoms with Gasteiger partial charge in [-0.1, -0.05) is 121 Å². The zero-order chi connectivity index (χ0) is 25.5. The van der Waals surface area contributed by atoms with Gasteiger partial charge >= 0.3 is 0 Å². The maximum absolute atomic E-state index is 6.63. The van der Waals surface area contributed by atoms with Gasteiger partial charge in [0.15, 0.2) is 0 Å². The van der Waals surface area contributed by atoms with E-state index in [0.29, 0.717) is 11.8 Å². The van der Waals surface area contributed by atoms with Gasteiger partial charge in [-0.05, 0) is 61.9 Å². The molecule has 0 spiro atoms. The molecule has 2 unspecified atom stereocenters. The van der Waals surface area contributed by atoms with Gasteiger partial charge in [-0.15, -0.1) is 0 Å². The van der Waals surface area contributed by atoms with E-state index in [1.54, 1.807) is 0 Å². The number of allylic oxidation sites excluding steroid dienone is 14. The number of furan rings is 1. The molecule has 39 heavy (non-hydrogen) atoms. The van der Waals surface area contributed by atoms with Crippen molar-refractivity contribution in [3.05, 3.63) is 167 Å². The van der Waals surface area contributed by atoms with Gasteiger partial charge in [0.1, 0.15) is 11.2 Å². The van der Waals surface area contributed by atoms with Gasteiger partial charge < -0.3 is 4.42 Å². The van der Waals surface area contributed by atoms with Gasteiger partial charge in [0.05, 0.1) is 0 Å². The van der Waals surface area contributed by atoms with Crippen molar-refractivity contribution >= 4 is 43.9 Å². The lowest BCUT2D eigenvalue weighted by Crippen LogP contribution is -2.30. The van der Waals surface area contributed by atoms with Gasteiger partial charge in [0, 0.05) is 28.2 Å². The number of fused-ring (bicyclic) bond motifs is 4. The Bertz CT molecular complexity index is 2100. The minimum absolute atomic E-state index is 0.302. The summed E-state index contributed by atoms with van der Waals surface area (Å²) in [6, 6.07) is 30.3. The molecule has 0 N–H and O–H groups in total. The highest BCUT2D eigenvalue weighted by Crippen LogP contribution is 2.54. The van der Waals surface area contributed by atoms with E-state index >= 15 is 0 Å². The first-order valence-corrected chi connectivity index (χ1v) is 13.7. The first-order valence-electron chi connectivity index (χ1n) is 13.7. The molecule has 4 aromatic carbocycles. The summed E-state index contributed by atoms with van der Waals surface area (Å²) in [5, 5.41) is 4.79. The van der Waals surface area contributed by atoms with Crippen molar-refractivity contribution in [1.29, 1.82) is 0 Å². The fraction of sp³-hybridized carbons (Fsp3) is 0.0526. The standard InChI is InChI=1S/C38H24O/c1-2-7-23(8-3-1)28-17-13-24-16-20-31-29(18-14-25-15-19-30(28)36(24)37(25)31)32-11-6-12-33-34-21-26-9-4-5-10-27(26)22-35(34)39-38(32)33/h1-22,36-37H. The van der Waals surface area contributed by atoms with Crippen LogP contribution in [-0.2, 0) is 0 Å². The molecule has 0 saturated carbocycles. The van der Waals surface area contributed by atoms with Gasteiger partial charge in [-0.25, -0.2) is 0 Å². The molecule has 0 amide bonds. The van der Waals surface area contributed by atoms with Crippen molar-refractivity contribution in [2.24, 2.45) is 11.8 Å². The van der Waals surface area contributed by atoms with Crippen molar-refractivity contribution in [1.82, 2.24) is 0 Å². The molecule has 2 atom stereocenters. The Kier molecular flexibility index (Phi) is 4.23. The lowest BCUT2D eigenvalue weighted by molar-refractivity contribution is 0.569. The summed E-state index contributed by atoms with van der Waals surface area (Å²) in [6.07, 6.45) is 18.6. The summed E-state index contributed by atoms with van der Waals surface area (Å²) in [6.45, 7) is 0. The Morgan fingerprint density at radius 2 is 1.33 bits per heavy atom. The fourth-order valence-electron chi connectivity index (χ4n) is 7.10. The topological polar surface area (TPSA) is 13.1 Å². The van der Waals surface area contributed by atoms with E-state index in [4.69, 9.17) is 4.42 Å². The van der Waals surface area contributed by atoms with E-state index in [9.17, 15) is 0 Å². The van der Waals surface area contributed by atoms with Gasteiger partial charge in [-0.3, -0.25) is 0 Å². The van der Waals surface area contributed by atoms with Crippen molar-refractivity contribution < 1.29 is 4.42 Å². The average Bonchev–Trinajstić information content (AvgIpc) is 3.36. The Morgan fingerprint density at radius 1 is 0.564 bits per heavy atom. The fourth-order valence-corrected chi connectivity index (χ4v) is 7.10. The predicted molar refractivity (Wildman–Crippen MR) is 162 cm³/mol. The molecule has 1 heterocycles. The second kappa shape index (κ2) is 7.82. The molecule has 4 aliphatic carbocycles. The van der Waals surface area contributed by atoms with Crippen LogP contribution < -0.4 is 0 Å². The molecule has 0 fully saturated rings. The van der Waals surface area contributed by atoms with Crippen LogP contribution in [0.3, 0.4) is 0 Å². The van der Waals surface area contributed by atoms with Gasteiger partial charge in [0.25, 0.3) is 0 Å². The minimum atomic E-state index is 0.302. The van der Waals surface area contributed by atoms with E-state index in [2.05, 4.69) is 134 Å². The minimum Gasteiger partial charge on any atom is -0.455 e. The summed E-state index contributed by atoms with van der Waals surface area (Å²) < 4.78 is 6.63. The first kappa shape index (κ1) is 21.1. The molecule has 9 rings (SSSR count). The zero-order valence-corrected chi connectivity index (χ0v) is 21.3. The Morgan fingerprint density at radius 3 is 2.23 bits per heavy atom. The van der Waals surface area contributed by atoms with Crippen LogP contribution in [0.4, 0.5) is 0 Å².